The van der Waals surface area contributed by atoms with Gasteiger partial charge in [0.25, 0.3) is 0 Å². The van der Waals surface area contributed by atoms with Gasteiger partial charge in [0.1, 0.15) is 0 Å². The van der Waals surface area contributed by atoms with Crippen LogP contribution in [0.3, 0.4) is 0 Å². The molecule has 0 aromatic heterocycles. The van der Waals surface area contributed by atoms with Crippen molar-refractivity contribution in [3.05, 3.63) is 34.4 Å². The molecule has 0 bridgehead atoms. The molecule has 0 aliphatic carbocycles. The molecule has 0 radical (unpaired) electrons. The molecule has 1 aliphatic rings. The Morgan fingerprint density at radius 1 is 1.10 bits per heavy atom. The van der Waals surface area contributed by atoms with E-state index in [9.17, 15) is 14.7 Å². The van der Waals surface area contributed by atoms with Crippen molar-refractivity contribution in [1.29, 1.82) is 0 Å². The van der Waals surface area contributed by atoms with E-state index in [1.165, 1.54) is 9.80 Å². The minimum Gasteiger partial charge on any atom is -0.387 e. The van der Waals surface area contributed by atoms with Crippen molar-refractivity contribution in [2.75, 3.05) is 26.7 Å². The maximum atomic E-state index is 12.0. The second-order valence-electron chi connectivity index (χ2n) is 5.85. The molecule has 1 saturated heterocycles. The molecule has 2 rings (SSSR count). The number of aryl methyl sites for hydroxylation is 3. The van der Waals surface area contributed by atoms with Crippen molar-refractivity contribution in [3.63, 3.8) is 0 Å². The molecular weight excluding hydrogens is 268 g/mol. The molecule has 1 unspecified atom stereocenters. The topological polar surface area (TPSA) is 60.9 Å². The van der Waals surface area contributed by atoms with E-state index in [1.807, 2.05) is 32.9 Å². The van der Waals surface area contributed by atoms with Crippen LogP contribution in [-0.2, 0) is 9.59 Å². The lowest BCUT2D eigenvalue weighted by Crippen LogP contribution is -2.53. The third kappa shape index (κ3) is 3.24. The van der Waals surface area contributed by atoms with Crippen LogP contribution in [0.4, 0.5) is 0 Å². The molecule has 1 aliphatic heterocycles. The Balaban J connectivity index is 2.17. The Kier molecular flexibility index (Phi) is 4.32. The number of carbonyl (C=O) groups is 2. The zero-order valence-electron chi connectivity index (χ0n) is 13.0. The first-order chi connectivity index (χ1) is 9.79. The Bertz CT molecular complexity index is 560. The Labute approximate surface area is 125 Å². The maximum Gasteiger partial charge on any atom is 0.242 e. The second-order valence-corrected chi connectivity index (χ2v) is 5.85. The van der Waals surface area contributed by atoms with Crippen LogP contribution < -0.4 is 0 Å². The van der Waals surface area contributed by atoms with E-state index < -0.39 is 6.10 Å². The van der Waals surface area contributed by atoms with Gasteiger partial charge in [0.05, 0.1) is 25.7 Å². The molecule has 1 aromatic carbocycles. The molecule has 0 spiro atoms. The summed E-state index contributed by atoms with van der Waals surface area (Å²) < 4.78 is 0. The predicted molar refractivity (Wildman–Crippen MR) is 79.8 cm³/mol. The van der Waals surface area contributed by atoms with Gasteiger partial charge in [0.15, 0.2) is 0 Å². The summed E-state index contributed by atoms with van der Waals surface area (Å²) in [5.41, 5.74) is 4.01. The third-order valence-electron chi connectivity index (χ3n) is 3.94. The average molecular weight is 290 g/mol. The number of likely N-dealkylation sites (N-methyl/N-ethyl adjacent to an activating group) is 1. The third-order valence-corrected chi connectivity index (χ3v) is 3.94. The van der Waals surface area contributed by atoms with E-state index in [0.29, 0.717) is 0 Å². The van der Waals surface area contributed by atoms with Gasteiger partial charge in [-0.2, -0.15) is 0 Å². The number of aliphatic hydroxyl groups excluding tert-OH is 1. The summed E-state index contributed by atoms with van der Waals surface area (Å²) in [5.74, 6) is -0.224. The van der Waals surface area contributed by atoms with Crippen LogP contribution >= 0.6 is 0 Å². The van der Waals surface area contributed by atoms with Crippen molar-refractivity contribution in [2.45, 2.75) is 26.9 Å². The predicted octanol–water partition coefficient (Wildman–Crippen LogP) is 0.946. The lowest BCUT2D eigenvalue weighted by Gasteiger charge is -2.33. The average Bonchev–Trinajstić information content (AvgIpc) is 2.34. The molecule has 114 valence electrons. The van der Waals surface area contributed by atoms with Crippen molar-refractivity contribution in [3.8, 4) is 0 Å². The van der Waals surface area contributed by atoms with E-state index in [0.717, 1.165) is 22.3 Å². The normalized spacial score (nSPS) is 17.4. The molecule has 1 aromatic rings. The quantitative estimate of drug-likeness (QED) is 0.901. The van der Waals surface area contributed by atoms with Crippen LogP contribution in [-0.4, -0.2) is 53.4 Å². The highest BCUT2D eigenvalue weighted by Crippen LogP contribution is 2.24. The summed E-state index contributed by atoms with van der Waals surface area (Å²) in [4.78, 5) is 26.5. The lowest BCUT2D eigenvalue weighted by atomic mass is 9.95. The number of benzene rings is 1. The molecule has 2 amide bonds. The monoisotopic (exact) mass is 290 g/mol. The van der Waals surface area contributed by atoms with E-state index in [-0.39, 0.29) is 31.4 Å². The number of β-amino-alcohol motifs (C(OH)–C–C–N with tert-alkyl or cyclic N) is 1. The zero-order valence-corrected chi connectivity index (χ0v) is 13.0. The van der Waals surface area contributed by atoms with Gasteiger partial charge in [-0.05, 0) is 37.5 Å². The minimum atomic E-state index is -0.772. The van der Waals surface area contributed by atoms with Gasteiger partial charge < -0.3 is 14.9 Å². The molecule has 0 saturated carbocycles. The second kappa shape index (κ2) is 5.85. The molecule has 5 heteroatoms. The highest BCUT2D eigenvalue weighted by molar-refractivity contribution is 5.92. The van der Waals surface area contributed by atoms with Gasteiger partial charge in [-0.3, -0.25) is 9.59 Å². The van der Waals surface area contributed by atoms with Gasteiger partial charge >= 0.3 is 0 Å². The fourth-order valence-corrected chi connectivity index (χ4v) is 2.95. The number of rotatable bonds is 3. The standard InChI is InChI=1S/C16H22N2O3/c1-10-5-11(2)16(12(3)6-10)13(19)7-18-9-14(20)17(4)8-15(18)21/h5-6,13,19H,7-9H2,1-4H3. The number of carbonyl (C=O) groups excluding carboxylic acids is 2. The molecule has 1 heterocycles. The van der Waals surface area contributed by atoms with Gasteiger partial charge in [-0.15, -0.1) is 0 Å². The zero-order chi connectivity index (χ0) is 15.7. The Morgan fingerprint density at radius 3 is 2.24 bits per heavy atom. The van der Waals surface area contributed by atoms with Crippen molar-refractivity contribution in [1.82, 2.24) is 9.80 Å². The van der Waals surface area contributed by atoms with Gasteiger partial charge in [-0.25, -0.2) is 0 Å². The van der Waals surface area contributed by atoms with Gasteiger partial charge in [0.2, 0.25) is 11.8 Å². The summed E-state index contributed by atoms with van der Waals surface area (Å²) in [6.45, 7) is 6.20. The number of hydrogen-bond donors (Lipinski definition) is 1. The highest BCUT2D eigenvalue weighted by Gasteiger charge is 2.29. The molecule has 21 heavy (non-hydrogen) atoms. The molecule has 1 N–H and O–H groups in total. The van der Waals surface area contributed by atoms with E-state index in [2.05, 4.69) is 0 Å². The number of aliphatic hydroxyl groups is 1. The van der Waals surface area contributed by atoms with Gasteiger partial charge in [0, 0.05) is 7.05 Å². The smallest absolute Gasteiger partial charge is 0.242 e. The fraction of sp³-hybridized carbons (Fsp3) is 0.500. The van der Waals surface area contributed by atoms with Crippen LogP contribution in [0.15, 0.2) is 12.1 Å². The summed E-state index contributed by atoms with van der Waals surface area (Å²) >= 11 is 0. The largest absolute Gasteiger partial charge is 0.387 e. The van der Waals surface area contributed by atoms with Gasteiger partial charge in [-0.1, -0.05) is 17.7 Å². The van der Waals surface area contributed by atoms with Crippen LogP contribution in [0, 0.1) is 20.8 Å². The van der Waals surface area contributed by atoms with Crippen molar-refractivity contribution >= 4 is 11.8 Å². The van der Waals surface area contributed by atoms with Crippen LogP contribution in [0.2, 0.25) is 0 Å². The lowest BCUT2D eigenvalue weighted by molar-refractivity contribution is -0.150. The van der Waals surface area contributed by atoms with E-state index in [1.54, 1.807) is 7.05 Å². The first-order valence-electron chi connectivity index (χ1n) is 7.07. The summed E-state index contributed by atoms with van der Waals surface area (Å²) in [5, 5.41) is 10.5. The summed E-state index contributed by atoms with van der Waals surface area (Å²) in [6.07, 6.45) is -0.772. The molecule has 5 nitrogen and oxygen atoms in total. The summed E-state index contributed by atoms with van der Waals surface area (Å²) in [7, 11) is 1.61. The SMILES string of the molecule is Cc1cc(C)c(C(O)CN2CC(=O)N(C)CC2=O)c(C)c1. The van der Waals surface area contributed by atoms with Crippen LogP contribution in [0.25, 0.3) is 0 Å². The minimum absolute atomic E-state index is 0.0380. The highest BCUT2D eigenvalue weighted by atomic mass is 16.3. The molecular formula is C16H22N2O3. The molecule has 1 atom stereocenters. The maximum absolute atomic E-state index is 12.0. The Hall–Kier alpha value is -1.88. The number of hydrogen-bond acceptors (Lipinski definition) is 3. The van der Waals surface area contributed by atoms with E-state index >= 15 is 0 Å². The van der Waals surface area contributed by atoms with Crippen LogP contribution in [0.5, 0.6) is 0 Å². The van der Waals surface area contributed by atoms with E-state index in [4.69, 9.17) is 0 Å². The van der Waals surface area contributed by atoms with Crippen molar-refractivity contribution in [2.24, 2.45) is 0 Å². The summed E-state index contributed by atoms with van der Waals surface area (Å²) in [6, 6.07) is 4.03. The number of amides is 2. The Morgan fingerprint density at radius 2 is 1.67 bits per heavy atom. The fourth-order valence-electron chi connectivity index (χ4n) is 2.95. The first kappa shape index (κ1) is 15.5. The number of piperazine rings is 1. The van der Waals surface area contributed by atoms with Crippen molar-refractivity contribution < 1.29 is 14.7 Å². The number of nitrogens with zero attached hydrogens (tertiary/aromatic N) is 2. The first-order valence-corrected chi connectivity index (χ1v) is 7.07. The van der Waals surface area contributed by atoms with Crippen LogP contribution in [0.1, 0.15) is 28.4 Å². The molecule has 1 fully saturated rings.